The Hall–Kier alpha value is -0.120. The molecule has 3 rings (SSSR count). The summed E-state index contributed by atoms with van der Waals surface area (Å²) in [5.74, 6) is 0.969. The van der Waals surface area contributed by atoms with Crippen LogP contribution in [0.1, 0.15) is 33.1 Å². The second-order valence-electron chi connectivity index (χ2n) is 5.40. The maximum Gasteiger partial charge on any atom is 0.302 e. The van der Waals surface area contributed by atoms with E-state index in [0.29, 0.717) is 5.92 Å². The van der Waals surface area contributed by atoms with E-state index in [1.165, 1.54) is 0 Å². The largest absolute Gasteiger partial charge is 0.302 e. The Morgan fingerprint density at radius 3 is 2.43 bits per heavy atom. The molecule has 0 aliphatic heterocycles. The molecule has 4 heteroatoms. The smallest absolute Gasteiger partial charge is 0.195 e. The highest BCUT2D eigenvalue weighted by Gasteiger charge is 2.54. The Bertz CT molecular complexity index is 332. The number of halogens is 1. The summed E-state index contributed by atoms with van der Waals surface area (Å²) in [6.07, 6.45) is 3.07. The summed E-state index contributed by atoms with van der Waals surface area (Å²) in [5, 5.41) is 0. The third-order valence-electron chi connectivity index (χ3n) is 4.41. The van der Waals surface area contributed by atoms with Gasteiger partial charge in [-0.25, -0.2) is 0 Å². The molecule has 2 nitrogen and oxygen atoms in total. The number of fused-ring (bicyclic) bond motifs is 2. The van der Waals surface area contributed by atoms with Crippen LogP contribution < -0.4 is 0 Å². The second kappa shape index (κ2) is 2.94. The summed E-state index contributed by atoms with van der Waals surface area (Å²) in [5.41, 5.74) is 0.244. The van der Waals surface area contributed by atoms with Crippen molar-refractivity contribution in [2.45, 2.75) is 33.1 Å². The summed E-state index contributed by atoms with van der Waals surface area (Å²) in [6, 6.07) is 0. The minimum Gasteiger partial charge on any atom is -0.195 e. The van der Waals surface area contributed by atoms with Crippen molar-refractivity contribution in [3.05, 3.63) is 0 Å². The van der Waals surface area contributed by atoms with Crippen molar-refractivity contribution in [1.29, 1.82) is 0 Å². The SMILES string of the molecule is CC1(C)C2CCC(CS(=O)(=O)F)C1C2. The van der Waals surface area contributed by atoms with Crippen molar-refractivity contribution in [3.8, 4) is 0 Å². The lowest BCUT2D eigenvalue weighted by atomic mass is 9.46. The summed E-state index contributed by atoms with van der Waals surface area (Å²) >= 11 is 0. The molecule has 0 spiro atoms. The lowest BCUT2D eigenvalue weighted by Gasteiger charge is -2.60. The van der Waals surface area contributed by atoms with Gasteiger partial charge in [0.15, 0.2) is 0 Å². The molecule has 0 N–H and O–H groups in total. The van der Waals surface area contributed by atoms with Crippen molar-refractivity contribution < 1.29 is 12.3 Å². The summed E-state index contributed by atoms with van der Waals surface area (Å²) in [7, 11) is -4.28. The highest BCUT2D eigenvalue weighted by molar-refractivity contribution is 7.86. The fourth-order valence-corrected chi connectivity index (χ4v) is 4.33. The molecule has 3 atom stereocenters. The van der Waals surface area contributed by atoms with Crippen LogP contribution in [0.3, 0.4) is 0 Å². The van der Waals surface area contributed by atoms with Crippen LogP contribution in [-0.4, -0.2) is 14.2 Å². The number of rotatable bonds is 2. The van der Waals surface area contributed by atoms with Crippen molar-refractivity contribution >= 4 is 10.2 Å². The monoisotopic (exact) mass is 220 g/mol. The van der Waals surface area contributed by atoms with E-state index >= 15 is 0 Å². The molecule has 0 radical (unpaired) electrons. The Balaban J connectivity index is 2.08. The quantitative estimate of drug-likeness (QED) is 0.669. The predicted octanol–water partition coefficient (Wildman–Crippen LogP) is 2.36. The van der Waals surface area contributed by atoms with Crippen LogP contribution in [0.25, 0.3) is 0 Å². The molecule has 3 unspecified atom stereocenters. The van der Waals surface area contributed by atoms with Gasteiger partial charge in [0.05, 0.1) is 5.75 Å². The Kier molecular flexibility index (Phi) is 2.18. The van der Waals surface area contributed by atoms with Crippen LogP contribution in [0.5, 0.6) is 0 Å². The minimum atomic E-state index is -4.28. The van der Waals surface area contributed by atoms with Crippen LogP contribution in [0.2, 0.25) is 0 Å². The first-order valence-corrected chi connectivity index (χ1v) is 6.78. The summed E-state index contributed by atoms with van der Waals surface area (Å²) in [6.45, 7) is 4.37. The van der Waals surface area contributed by atoms with Crippen LogP contribution in [0.4, 0.5) is 3.89 Å². The predicted molar refractivity (Wildman–Crippen MR) is 53.0 cm³/mol. The van der Waals surface area contributed by atoms with E-state index in [2.05, 4.69) is 13.8 Å². The molecule has 0 aromatic heterocycles. The van der Waals surface area contributed by atoms with Gasteiger partial charge in [-0.2, -0.15) is 8.42 Å². The number of hydrogen-bond acceptors (Lipinski definition) is 2. The molecule has 0 aromatic carbocycles. The van der Waals surface area contributed by atoms with Gasteiger partial charge in [0, 0.05) is 0 Å². The van der Waals surface area contributed by atoms with Gasteiger partial charge in [-0.3, -0.25) is 0 Å². The van der Waals surface area contributed by atoms with Crippen molar-refractivity contribution in [2.75, 3.05) is 5.75 Å². The van der Waals surface area contributed by atoms with Gasteiger partial charge in [-0.15, -0.1) is 3.89 Å². The third kappa shape index (κ3) is 1.58. The normalized spacial score (nSPS) is 40.4. The molecule has 14 heavy (non-hydrogen) atoms. The van der Waals surface area contributed by atoms with Crippen molar-refractivity contribution in [1.82, 2.24) is 0 Å². The number of hydrogen-bond donors (Lipinski definition) is 0. The third-order valence-corrected chi connectivity index (χ3v) is 5.24. The molecule has 3 aliphatic rings. The fraction of sp³-hybridized carbons (Fsp3) is 1.00. The first-order valence-electron chi connectivity index (χ1n) is 5.23. The maximum absolute atomic E-state index is 12.6. The first-order chi connectivity index (χ1) is 6.31. The average Bonchev–Trinajstić information content (AvgIpc) is 2.00. The molecule has 0 heterocycles. The van der Waals surface area contributed by atoms with Crippen molar-refractivity contribution in [2.24, 2.45) is 23.2 Å². The van der Waals surface area contributed by atoms with E-state index in [1.54, 1.807) is 0 Å². The lowest BCUT2D eigenvalue weighted by Crippen LogP contribution is -2.53. The van der Waals surface area contributed by atoms with E-state index in [4.69, 9.17) is 0 Å². The van der Waals surface area contributed by atoms with E-state index < -0.39 is 10.2 Å². The van der Waals surface area contributed by atoms with Gasteiger partial charge >= 0.3 is 10.2 Å². The molecule has 0 saturated heterocycles. The molecule has 3 fully saturated rings. The zero-order valence-electron chi connectivity index (χ0n) is 8.66. The average molecular weight is 220 g/mol. The Morgan fingerprint density at radius 1 is 1.36 bits per heavy atom. The van der Waals surface area contributed by atoms with E-state index in [-0.39, 0.29) is 17.1 Å². The van der Waals surface area contributed by atoms with Crippen molar-refractivity contribution in [3.63, 3.8) is 0 Å². The van der Waals surface area contributed by atoms with Crippen LogP contribution in [-0.2, 0) is 10.2 Å². The molecule has 3 saturated carbocycles. The summed E-state index contributed by atoms with van der Waals surface area (Å²) in [4.78, 5) is 0. The van der Waals surface area contributed by atoms with Crippen LogP contribution in [0, 0.1) is 23.2 Å². The van der Waals surface area contributed by atoms with Gasteiger partial charge in [-0.1, -0.05) is 13.8 Å². The zero-order valence-corrected chi connectivity index (χ0v) is 9.48. The molecular formula is C10H17FO2S. The van der Waals surface area contributed by atoms with Gasteiger partial charge in [-0.05, 0) is 42.4 Å². The zero-order chi connectivity index (χ0) is 10.6. The highest BCUT2D eigenvalue weighted by atomic mass is 32.3. The lowest BCUT2D eigenvalue weighted by molar-refractivity contribution is -0.0979. The van der Waals surface area contributed by atoms with Gasteiger partial charge < -0.3 is 0 Å². The molecule has 3 aliphatic carbocycles. The molecule has 0 amide bonds. The van der Waals surface area contributed by atoms with Gasteiger partial charge in [0.2, 0.25) is 0 Å². The molecule has 2 bridgehead atoms. The van der Waals surface area contributed by atoms with E-state index in [0.717, 1.165) is 25.2 Å². The van der Waals surface area contributed by atoms with Gasteiger partial charge in [0.1, 0.15) is 0 Å². The topological polar surface area (TPSA) is 34.1 Å². The maximum atomic E-state index is 12.6. The standard InChI is InChI=1S/C10H17FO2S/c1-10(2)8-4-3-7(9(10)5-8)6-14(11,12)13/h7-9H,3-6H2,1-2H3. The summed E-state index contributed by atoms with van der Waals surface area (Å²) < 4.78 is 33.8. The second-order valence-corrected chi connectivity index (χ2v) is 6.81. The highest BCUT2D eigenvalue weighted by Crippen LogP contribution is 2.61. The fourth-order valence-electron chi connectivity index (χ4n) is 3.42. The van der Waals surface area contributed by atoms with E-state index in [9.17, 15) is 12.3 Å². The van der Waals surface area contributed by atoms with E-state index in [1.807, 2.05) is 0 Å². The van der Waals surface area contributed by atoms with Gasteiger partial charge in [0.25, 0.3) is 0 Å². The molecule has 0 aromatic rings. The first kappa shape index (κ1) is 10.4. The molecular weight excluding hydrogens is 203 g/mol. The van der Waals surface area contributed by atoms with Crippen LogP contribution >= 0.6 is 0 Å². The van der Waals surface area contributed by atoms with Crippen LogP contribution in [0.15, 0.2) is 0 Å². The Labute approximate surface area is 85.1 Å². The molecule has 82 valence electrons. The Morgan fingerprint density at radius 2 is 2.00 bits per heavy atom. The minimum absolute atomic E-state index is 0.0602.